The largest absolute Gasteiger partial charge is 0.353 e. The first-order chi connectivity index (χ1) is 11.0. The number of nitrogens with two attached hydrogens (primary N) is 2. The minimum absolute atomic E-state index is 0.0858. The standard InChI is InChI=1S/C17H26N4O2/c1-11-5-2-3-7-13(11)15(21-17(19)23)9-16(22)20-14-8-4-6-12(14)10-18/h2-3,5,7,12,14-15H,4,6,8-10,18H2,1H3,(H,20,22)(H3,19,21,23). The van der Waals surface area contributed by atoms with Crippen LogP contribution in [0.5, 0.6) is 0 Å². The number of hydrogen-bond acceptors (Lipinski definition) is 3. The van der Waals surface area contributed by atoms with Crippen molar-refractivity contribution >= 4 is 11.9 Å². The van der Waals surface area contributed by atoms with E-state index in [0.717, 1.165) is 30.4 Å². The van der Waals surface area contributed by atoms with Gasteiger partial charge in [0.05, 0.1) is 12.5 Å². The predicted molar refractivity (Wildman–Crippen MR) is 89.6 cm³/mol. The van der Waals surface area contributed by atoms with Crippen molar-refractivity contribution in [2.75, 3.05) is 6.54 Å². The molecule has 0 bridgehead atoms. The molecular formula is C17H26N4O2. The summed E-state index contributed by atoms with van der Waals surface area (Å²) in [7, 11) is 0. The second-order valence-electron chi connectivity index (χ2n) is 6.22. The molecule has 1 aliphatic rings. The number of nitrogens with one attached hydrogen (secondary N) is 2. The number of aryl methyl sites for hydroxylation is 1. The van der Waals surface area contributed by atoms with Crippen LogP contribution in [0.3, 0.4) is 0 Å². The fourth-order valence-electron chi connectivity index (χ4n) is 3.35. The first-order valence-electron chi connectivity index (χ1n) is 8.12. The Morgan fingerprint density at radius 3 is 2.70 bits per heavy atom. The molecule has 1 aromatic rings. The molecule has 3 unspecified atom stereocenters. The van der Waals surface area contributed by atoms with Crippen LogP contribution in [0.2, 0.25) is 0 Å². The van der Waals surface area contributed by atoms with Gasteiger partial charge in [-0.15, -0.1) is 0 Å². The summed E-state index contributed by atoms with van der Waals surface area (Å²) in [5.41, 5.74) is 12.9. The molecule has 6 heteroatoms. The smallest absolute Gasteiger partial charge is 0.312 e. The molecule has 6 N–H and O–H groups in total. The van der Waals surface area contributed by atoms with Crippen LogP contribution in [-0.2, 0) is 4.79 Å². The highest BCUT2D eigenvalue weighted by Crippen LogP contribution is 2.25. The molecule has 0 radical (unpaired) electrons. The van der Waals surface area contributed by atoms with Crippen LogP contribution in [0, 0.1) is 12.8 Å². The Bertz CT molecular complexity index is 561. The van der Waals surface area contributed by atoms with E-state index in [0.29, 0.717) is 12.5 Å². The normalized spacial score (nSPS) is 21.7. The van der Waals surface area contributed by atoms with Gasteiger partial charge >= 0.3 is 6.03 Å². The molecule has 126 valence electrons. The zero-order valence-electron chi connectivity index (χ0n) is 13.5. The number of amides is 3. The minimum atomic E-state index is -0.633. The van der Waals surface area contributed by atoms with Crippen molar-refractivity contribution in [3.05, 3.63) is 35.4 Å². The van der Waals surface area contributed by atoms with E-state index in [9.17, 15) is 9.59 Å². The summed E-state index contributed by atoms with van der Waals surface area (Å²) in [4.78, 5) is 23.7. The topological polar surface area (TPSA) is 110 Å². The summed E-state index contributed by atoms with van der Waals surface area (Å²) in [6.07, 6.45) is 3.28. The second kappa shape index (κ2) is 7.97. The van der Waals surface area contributed by atoms with Gasteiger partial charge in [0.2, 0.25) is 5.91 Å². The Morgan fingerprint density at radius 1 is 1.30 bits per heavy atom. The summed E-state index contributed by atoms with van der Waals surface area (Å²) < 4.78 is 0. The number of urea groups is 1. The summed E-state index contributed by atoms with van der Waals surface area (Å²) in [6, 6.07) is 6.74. The SMILES string of the molecule is Cc1ccccc1C(CC(=O)NC1CCCC1CN)NC(N)=O. The molecule has 1 saturated carbocycles. The van der Waals surface area contributed by atoms with Gasteiger partial charge in [-0.25, -0.2) is 4.79 Å². The number of hydrogen-bond donors (Lipinski definition) is 4. The molecule has 0 heterocycles. The molecule has 1 aromatic carbocycles. The number of carbonyl (C=O) groups is 2. The van der Waals surface area contributed by atoms with Crippen molar-refractivity contribution in [1.82, 2.24) is 10.6 Å². The van der Waals surface area contributed by atoms with Crippen molar-refractivity contribution in [3.8, 4) is 0 Å². The summed E-state index contributed by atoms with van der Waals surface area (Å²) >= 11 is 0. The van der Waals surface area contributed by atoms with Gasteiger partial charge < -0.3 is 22.1 Å². The highest BCUT2D eigenvalue weighted by Gasteiger charge is 2.28. The zero-order chi connectivity index (χ0) is 16.8. The van der Waals surface area contributed by atoms with E-state index in [2.05, 4.69) is 10.6 Å². The Balaban J connectivity index is 2.04. The number of primary amides is 1. The molecule has 3 atom stereocenters. The van der Waals surface area contributed by atoms with E-state index in [1.807, 2.05) is 31.2 Å². The molecule has 23 heavy (non-hydrogen) atoms. The van der Waals surface area contributed by atoms with E-state index in [-0.39, 0.29) is 18.4 Å². The highest BCUT2D eigenvalue weighted by atomic mass is 16.2. The van der Waals surface area contributed by atoms with Crippen LogP contribution in [0.15, 0.2) is 24.3 Å². The molecule has 0 aromatic heterocycles. The van der Waals surface area contributed by atoms with Crippen LogP contribution in [-0.4, -0.2) is 24.5 Å². The molecule has 2 rings (SSSR count). The van der Waals surface area contributed by atoms with Crippen molar-refractivity contribution < 1.29 is 9.59 Å². The average Bonchev–Trinajstić information content (AvgIpc) is 2.93. The van der Waals surface area contributed by atoms with Gasteiger partial charge in [-0.1, -0.05) is 30.7 Å². The number of benzene rings is 1. The molecule has 0 saturated heterocycles. The van der Waals surface area contributed by atoms with Crippen LogP contribution in [0.25, 0.3) is 0 Å². The van der Waals surface area contributed by atoms with Crippen LogP contribution >= 0.6 is 0 Å². The van der Waals surface area contributed by atoms with Crippen LogP contribution < -0.4 is 22.1 Å². The van der Waals surface area contributed by atoms with E-state index < -0.39 is 12.1 Å². The van der Waals surface area contributed by atoms with Crippen molar-refractivity contribution in [2.45, 2.75) is 44.7 Å². The third-order valence-corrected chi connectivity index (χ3v) is 4.58. The van der Waals surface area contributed by atoms with E-state index in [4.69, 9.17) is 11.5 Å². The van der Waals surface area contributed by atoms with Gasteiger partial charge in [-0.2, -0.15) is 0 Å². The van der Waals surface area contributed by atoms with Gasteiger partial charge in [0.25, 0.3) is 0 Å². The van der Waals surface area contributed by atoms with Crippen molar-refractivity contribution in [2.24, 2.45) is 17.4 Å². The van der Waals surface area contributed by atoms with Crippen LogP contribution in [0.1, 0.15) is 42.9 Å². The maximum absolute atomic E-state index is 12.4. The Morgan fingerprint density at radius 2 is 2.04 bits per heavy atom. The lowest BCUT2D eigenvalue weighted by Crippen LogP contribution is -2.42. The van der Waals surface area contributed by atoms with Crippen LogP contribution in [0.4, 0.5) is 4.79 Å². The third-order valence-electron chi connectivity index (χ3n) is 4.58. The number of rotatable bonds is 6. The molecule has 1 aliphatic carbocycles. The van der Waals surface area contributed by atoms with Gasteiger partial charge in [0, 0.05) is 6.04 Å². The van der Waals surface area contributed by atoms with Crippen molar-refractivity contribution in [1.29, 1.82) is 0 Å². The summed E-state index contributed by atoms with van der Waals surface area (Å²) in [6.45, 7) is 2.54. The Labute approximate surface area is 137 Å². The molecule has 1 fully saturated rings. The molecule has 0 aliphatic heterocycles. The molecule has 3 amide bonds. The minimum Gasteiger partial charge on any atom is -0.353 e. The molecule has 0 spiro atoms. The zero-order valence-corrected chi connectivity index (χ0v) is 13.5. The molecular weight excluding hydrogens is 292 g/mol. The van der Waals surface area contributed by atoms with Gasteiger partial charge in [-0.05, 0) is 43.4 Å². The van der Waals surface area contributed by atoms with E-state index in [1.165, 1.54) is 0 Å². The fourth-order valence-corrected chi connectivity index (χ4v) is 3.35. The van der Waals surface area contributed by atoms with Gasteiger partial charge in [-0.3, -0.25) is 4.79 Å². The third kappa shape index (κ3) is 4.69. The monoisotopic (exact) mass is 318 g/mol. The second-order valence-corrected chi connectivity index (χ2v) is 6.22. The van der Waals surface area contributed by atoms with E-state index in [1.54, 1.807) is 0 Å². The Hall–Kier alpha value is -2.08. The summed E-state index contributed by atoms with van der Waals surface area (Å²) in [5.74, 6) is 0.261. The molecule has 6 nitrogen and oxygen atoms in total. The van der Waals surface area contributed by atoms with Crippen molar-refractivity contribution in [3.63, 3.8) is 0 Å². The lowest BCUT2D eigenvalue weighted by atomic mass is 9.98. The number of carbonyl (C=O) groups excluding carboxylic acids is 2. The van der Waals surface area contributed by atoms with Gasteiger partial charge in [0.15, 0.2) is 0 Å². The fraction of sp³-hybridized carbons (Fsp3) is 0.529. The predicted octanol–water partition coefficient (Wildman–Crippen LogP) is 1.34. The highest BCUT2D eigenvalue weighted by molar-refractivity contribution is 5.79. The maximum Gasteiger partial charge on any atom is 0.312 e. The quantitative estimate of drug-likeness (QED) is 0.635. The maximum atomic E-state index is 12.4. The first-order valence-corrected chi connectivity index (χ1v) is 8.12. The average molecular weight is 318 g/mol. The van der Waals surface area contributed by atoms with Gasteiger partial charge in [0.1, 0.15) is 0 Å². The lowest BCUT2D eigenvalue weighted by molar-refractivity contribution is -0.122. The summed E-state index contributed by atoms with van der Waals surface area (Å²) in [5, 5.41) is 5.73. The lowest BCUT2D eigenvalue weighted by Gasteiger charge is -2.23. The Kier molecular flexibility index (Phi) is 5.98. The van der Waals surface area contributed by atoms with E-state index >= 15 is 0 Å². The first kappa shape index (κ1) is 17.3.